The summed E-state index contributed by atoms with van der Waals surface area (Å²) < 4.78 is 0. The Bertz CT molecular complexity index is 892. The van der Waals surface area contributed by atoms with Gasteiger partial charge in [-0.25, -0.2) is 0 Å². The van der Waals surface area contributed by atoms with Gasteiger partial charge in [-0.1, -0.05) is 0 Å². The van der Waals surface area contributed by atoms with Gasteiger partial charge in [-0.15, -0.1) is 24.8 Å². The largest absolute Gasteiger partial charge is 0.507 e. The van der Waals surface area contributed by atoms with Gasteiger partial charge < -0.3 is 31.5 Å². The monoisotopic (exact) mass is 456 g/mol. The third-order valence-corrected chi connectivity index (χ3v) is 4.88. The molecule has 8 nitrogen and oxygen atoms in total. The number of fused-ring (bicyclic) bond motifs is 2. The molecule has 1 aliphatic rings. The number of carbonyl (C=O) groups is 2. The molecule has 0 saturated carbocycles. The van der Waals surface area contributed by atoms with Crippen molar-refractivity contribution in [2.24, 2.45) is 0 Å². The van der Waals surface area contributed by atoms with E-state index in [1.54, 1.807) is 26.2 Å². The van der Waals surface area contributed by atoms with Crippen LogP contribution in [0.25, 0.3) is 0 Å². The molecule has 6 N–H and O–H groups in total. The number of phenols is 2. The summed E-state index contributed by atoms with van der Waals surface area (Å²) in [5.74, 6) is -1.73. The normalized spacial score (nSPS) is 13.9. The topological polar surface area (TPSA) is 123 Å². The highest BCUT2D eigenvalue weighted by Gasteiger charge is 2.38. The standard InChI is InChI=1S/C20H24N4O4.2ClH/c1-9(21-3)23-11-5-6-12(24-10(2)22-4)16-15(11)19(27)17-13(25)7-8-14(26)18(17)20(16)28;;/h5-10,21-26H,1-4H3;2*1H. The minimum Gasteiger partial charge on any atom is -0.507 e. The molecule has 0 saturated heterocycles. The highest BCUT2D eigenvalue weighted by atomic mass is 35.5. The van der Waals surface area contributed by atoms with Crippen molar-refractivity contribution in [3.05, 3.63) is 46.5 Å². The zero-order chi connectivity index (χ0) is 20.6. The van der Waals surface area contributed by atoms with Crippen molar-refractivity contribution in [2.75, 3.05) is 24.7 Å². The van der Waals surface area contributed by atoms with E-state index >= 15 is 0 Å². The summed E-state index contributed by atoms with van der Waals surface area (Å²) in [7, 11) is 3.53. The maximum atomic E-state index is 13.3. The first-order valence-electron chi connectivity index (χ1n) is 8.99. The van der Waals surface area contributed by atoms with Crippen LogP contribution in [0.4, 0.5) is 11.4 Å². The summed E-state index contributed by atoms with van der Waals surface area (Å²) >= 11 is 0. The Balaban J connectivity index is 0.00000225. The highest BCUT2D eigenvalue weighted by Crippen LogP contribution is 2.42. The van der Waals surface area contributed by atoms with Gasteiger partial charge in [-0.2, -0.15) is 0 Å². The number of phenolic OH excluding ortho intramolecular Hbond substituents is 2. The number of nitrogens with one attached hydrogen (secondary N) is 4. The molecule has 30 heavy (non-hydrogen) atoms. The molecule has 0 amide bonds. The van der Waals surface area contributed by atoms with Crippen molar-refractivity contribution in [3.8, 4) is 11.5 Å². The summed E-state index contributed by atoms with van der Waals surface area (Å²) in [6, 6.07) is 5.85. The lowest BCUT2D eigenvalue weighted by Crippen LogP contribution is -2.34. The summed E-state index contributed by atoms with van der Waals surface area (Å²) in [4.78, 5) is 26.6. The lowest BCUT2D eigenvalue weighted by atomic mass is 9.81. The van der Waals surface area contributed by atoms with E-state index < -0.39 is 11.6 Å². The number of benzene rings is 2. The van der Waals surface area contributed by atoms with E-state index in [-0.39, 0.29) is 70.9 Å². The fraction of sp³-hybridized carbons (Fsp3) is 0.300. The number of hydrogen-bond donors (Lipinski definition) is 6. The van der Waals surface area contributed by atoms with Gasteiger partial charge in [-0.3, -0.25) is 9.59 Å². The zero-order valence-corrected chi connectivity index (χ0v) is 18.6. The van der Waals surface area contributed by atoms with Gasteiger partial charge >= 0.3 is 0 Å². The van der Waals surface area contributed by atoms with E-state index in [9.17, 15) is 19.8 Å². The molecular weight excluding hydrogens is 431 g/mol. The first-order chi connectivity index (χ1) is 13.3. The Morgan fingerprint density at radius 3 is 1.30 bits per heavy atom. The van der Waals surface area contributed by atoms with Crippen LogP contribution in [-0.2, 0) is 0 Å². The molecule has 1 aliphatic carbocycles. The Kier molecular flexibility index (Phi) is 8.50. The van der Waals surface area contributed by atoms with Crippen LogP contribution in [0.2, 0.25) is 0 Å². The summed E-state index contributed by atoms with van der Waals surface area (Å²) in [5.41, 5.74) is 0.882. The van der Waals surface area contributed by atoms with Gasteiger partial charge in [-0.05, 0) is 52.2 Å². The van der Waals surface area contributed by atoms with Gasteiger partial charge in [0.25, 0.3) is 0 Å². The lowest BCUT2D eigenvalue weighted by Gasteiger charge is -2.27. The first-order valence-corrected chi connectivity index (χ1v) is 8.99. The highest BCUT2D eigenvalue weighted by molar-refractivity contribution is 6.33. The van der Waals surface area contributed by atoms with Gasteiger partial charge in [0.2, 0.25) is 11.6 Å². The van der Waals surface area contributed by atoms with Crippen molar-refractivity contribution < 1.29 is 19.8 Å². The molecular formula is C20H26Cl2N4O4. The van der Waals surface area contributed by atoms with Crippen molar-refractivity contribution in [3.63, 3.8) is 0 Å². The molecule has 0 heterocycles. The molecule has 3 rings (SSSR count). The SMILES string of the molecule is CNC(C)Nc1ccc(NC(C)NC)c2c1C(=O)c1c(O)ccc(O)c1C2=O.Cl.Cl. The van der Waals surface area contributed by atoms with Crippen LogP contribution in [-0.4, -0.2) is 48.2 Å². The number of ketones is 2. The summed E-state index contributed by atoms with van der Waals surface area (Å²) in [6.45, 7) is 3.74. The van der Waals surface area contributed by atoms with Gasteiger partial charge in [0.1, 0.15) is 11.5 Å². The number of rotatable bonds is 6. The molecule has 0 aromatic heterocycles. The predicted octanol–water partition coefficient (Wildman–Crippen LogP) is 2.67. The molecule has 164 valence electrons. The van der Waals surface area contributed by atoms with Crippen LogP contribution >= 0.6 is 24.8 Å². The Labute approximate surface area is 187 Å². The minimum absolute atomic E-state index is 0. The van der Waals surface area contributed by atoms with E-state index in [0.29, 0.717) is 11.4 Å². The molecule has 0 bridgehead atoms. The number of anilines is 2. The molecule has 0 spiro atoms. The third kappa shape index (κ3) is 4.32. The van der Waals surface area contributed by atoms with Crippen molar-refractivity contribution in [1.82, 2.24) is 10.6 Å². The molecule has 2 aromatic rings. The molecule has 2 unspecified atom stereocenters. The third-order valence-electron chi connectivity index (χ3n) is 4.88. The fourth-order valence-electron chi connectivity index (χ4n) is 3.22. The molecule has 10 heteroatoms. The van der Waals surface area contributed by atoms with E-state index in [1.165, 1.54) is 12.1 Å². The van der Waals surface area contributed by atoms with Crippen molar-refractivity contribution in [1.29, 1.82) is 0 Å². The molecule has 0 fully saturated rings. The predicted molar refractivity (Wildman–Crippen MR) is 122 cm³/mol. The molecule has 0 aliphatic heterocycles. The summed E-state index contributed by atoms with van der Waals surface area (Å²) in [6.07, 6.45) is -0.331. The maximum Gasteiger partial charge on any atom is 0.200 e. The minimum atomic E-state index is -0.524. The molecule has 2 aromatic carbocycles. The number of halogens is 2. The van der Waals surface area contributed by atoms with Crippen molar-refractivity contribution >= 4 is 47.8 Å². The average Bonchev–Trinajstić information content (AvgIpc) is 2.68. The maximum absolute atomic E-state index is 13.3. The van der Waals surface area contributed by atoms with E-state index in [4.69, 9.17) is 0 Å². The van der Waals surface area contributed by atoms with E-state index in [0.717, 1.165) is 0 Å². The van der Waals surface area contributed by atoms with Gasteiger partial charge in [0.15, 0.2) is 0 Å². The molecule has 2 atom stereocenters. The van der Waals surface area contributed by atoms with Crippen LogP contribution in [0.1, 0.15) is 45.7 Å². The average molecular weight is 457 g/mol. The number of hydrogen-bond acceptors (Lipinski definition) is 8. The van der Waals surface area contributed by atoms with Crippen molar-refractivity contribution in [2.45, 2.75) is 26.2 Å². The van der Waals surface area contributed by atoms with Gasteiger partial charge in [0.05, 0.1) is 34.6 Å². The molecule has 0 radical (unpaired) electrons. The fourth-order valence-corrected chi connectivity index (χ4v) is 3.22. The van der Waals surface area contributed by atoms with Crippen LogP contribution < -0.4 is 21.3 Å². The smallest absolute Gasteiger partial charge is 0.200 e. The second-order valence-electron chi connectivity index (χ2n) is 6.73. The Morgan fingerprint density at radius 2 is 1.00 bits per heavy atom. The Morgan fingerprint density at radius 1 is 0.667 bits per heavy atom. The first kappa shape index (κ1) is 25.5. The second-order valence-corrected chi connectivity index (χ2v) is 6.73. The second kappa shape index (κ2) is 9.99. The van der Waals surface area contributed by atoms with E-state index in [1.807, 2.05) is 13.8 Å². The number of carbonyl (C=O) groups excluding carboxylic acids is 2. The van der Waals surface area contributed by atoms with Crippen LogP contribution in [0.5, 0.6) is 11.5 Å². The van der Waals surface area contributed by atoms with Gasteiger partial charge in [0, 0.05) is 11.4 Å². The Hall–Kier alpha value is -2.52. The van der Waals surface area contributed by atoms with Crippen LogP contribution in [0.15, 0.2) is 24.3 Å². The van der Waals surface area contributed by atoms with Crippen LogP contribution in [0.3, 0.4) is 0 Å². The van der Waals surface area contributed by atoms with E-state index in [2.05, 4.69) is 21.3 Å². The summed E-state index contributed by atoms with van der Waals surface area (Å²) in [5, 5.41) is 32.8. The number of aromatic hydroxyl groups is 2. The zero-order valence-electron chi connectivity index (χ0n) is 17.0. The lowest BCUT2D eigenvalue weighted by molar-refractivity contribution is 0.0975. The van der Waals surface area contributed by atoms with Crippen LogP contribution in [0, 0.1) is 0 Å². The quantitative estimate of drug-likeness (QED) is 0.247.